The number of likely N-dealkylation sites (N-methyl/N-ethyl adjacent to an activating group) is 1. The fourth-order valence-electron chi connectivity index (χ4n) is 6.95. The van der Waals surface area contributed by atoms with Crippen LogP contribution in [0.2, 0.25) is 0 Å². The number of rotatable bonds is 44. The summed E-state index contributed by atoms with van der Waals surface area (Å²) in [6, 6.07) is -0.889. The van der Waals surface area contributed by atoms with E-state index in [2.05, 4.69) is 43.5 Å². The Labute approximate surface area is 359 Å². The molecule has 342 valence electrons. The van der Waals surface area contributed by atoms with Crippen LogP contribution in [-0.2, 0) is 18.4 Å². The lowest BCUT2D eigenvalue weighted by Gasteiger charge is -2.29. The van der Waals surface area contributed by atoms with Gasteiger partial charge in [0, 0.05) is 6.42 Å². The lowest BCUT2D eigenvalue weighted by atomic mass is 10.0. The molecule has 0 spiro atoms. The first-order chi connectivity index (χ1) is 28.0. The lowest BCUT2D eigenvalue weighted by Crippen LogP contribution is -2.45. The fraction of sp³-hybridized carbons (Fsp3) is 0.857. The summed E-state index contributed by atoms with van der Waals surface area (Å²) in [5.41, 5.74) is 0. The molecule has 0 aliphatic carbocycles. The van der Waals surface area contributed by atoms with Crippen LogP contribution in [0.3, 0.4) is 0 Å². The molecule has 0 aromatic heterocycles. The van der Waals surface area contributed by atoms with Crippen LogP contribution < -0.4 is 10.2 Å². The number of unbranched alkanes of at least 4 members (excludes halogenated alkanes) is 27. The van der Waals surface area contributed by atoms with Crippen LogP contribution in [0.1, 0.15) is 219 Å². The molecule has 0 radical (unpaired) electrons. The van der Waals surface area contributed by atoms with Gasteiger partial charge in [-0.2, -0.15) is 0 Å². The molecular weight excluding hydrogens is 744 g/mol. The van der Waals surface area contributed by atoms with Crippen molar-refractivity contribution in [1.82, 2.24) is 5.32 Å². The summed E-state index contributed by atoms with van der Waals surface area (Å²) in [5.74, 6) is -0.205. The van der Waals surface area contributed by atoms with Gasteiger partial charge in [0.15, 0.2) is 0 Å². The third kappa shape index (κ3) is 42.8. The van der Waals surface area contributed by atoms with Crippen LogP contribution in [-0.4, -0.2) is 68.5 Å². The first-order valence-electron chi connectivity index (χ1n) is 24.4. The molecule has 0 bridgehead atoms. The molecular formula is C49H95N2O6P. The Morgan fingerprint density at radius 3 is 1.47 bits per heavy atom. The molecule has 9 heteroatoms. The molecule has 0 saturated heterocycles. The number of phosphoric acid groups is 1. The third-order valence-electron chi connectivity index (χ3n) is 10.8. The van der Waals surface area contributed by atoms with E-state index in [4.69, 9.17) is 9.05 Å². The molecule has 2 N–H and O–H groups in total. The van der Waals surface area contributed by atoms with Crippen molar-refractivity contribution in [1.29, 1.82) is 0 Å². The zero-order valence-corrected chi connectivity index (χ0v) is 39.6. The summed E-state index contributed by atoms with van der Waals surface area (Å²) in [6.07, 6.45) is 50.4. The van der Waals surface area contributed by atoms with E-state index >= 15 is 0 Å². The van der Waals surface area contributed by atoms with Crippen molar-refractivity contribution in [3.8, 4) is 0 Å². The van der Waals surface area contributed by atoms with Crippen molar-refractivity contribution < 1.29 is 32.9 Å². The Hall–Kier alpha value is -1.28. The van der Waals surface area contributed by atoms with Crippen molar-refractivity contribution in [2.75, 3.05) is 40.9 Å². The SMILES string of the molecule is CCCCC/C=C\C/C=C\CCCCCCCCCC(=O)NC(COP(=O)([O-])OCC[N+](C)(C)C)C(O)/C=C/CCCCCCCCCCCCCCCCCCC. The molecule has 0 fully saturated rings. The molecule has 0 aromatic carbocycles. The summed E-state index contributed by atoms with van der Waals surface area (Å²) in [7, 11) is 1.26. The molecule has 0 heterocycles. The number of carbonyl (C=O) groups is 1. The first-order valence-corrected chi connectivity index (χ1v) is 25.8. The van der Waals surface area contributed by atoms with E-state index in [1.54, 1.807) is 6.08 Å². The van der Waals surface area contributed by atoms with Crippen molar-refractivity contribution in [2.45, 2.75) is 231 Å². The number of hydrogen-bond donors (Lipinski definition) is 2. The minimum atomic E-state index is -4.59. The molecule has 0 aliphatic heterocycles. The Bertz CT molecular complexity index is 1040. The van der Waals surface area contributed by atoms with Gasteiger partial charge in [-0.3, -0.25) is 9.36 Å². The third-order valence-corrected chi connectivity index (χ3v) is 11.8. The van der Waals surface area contributed by atoms with E-state index in [-0.39, 0.29) is 19.1 Å². The maximum Gasteiger partial charge on any atom is 0.268 e. The first kappa shape index (κ1) is 56.7. The zero-order chi connectivity index (χ0) is 42.8. The number of carbonyl (C=O) groups excluding carboxylic acids is 1. The van der Waals surface area contributed by atoms with Crippen molar-refractivity contribution in [2.24, 2.45) is 0 Å². The maximum absolute atomic E-state index is 12.9. The van der Waals surface area contributed by atoms with Gasteiger partial charge in [-0.1, -0.05) is 198 Å². The second-order valence-electron chi connectivity index (χ2n) is 17.8. The van der Waals surface area contributed by atoms with Gasteiger partial charge in [0.1, 0.15) is 13.2 Å². The van der Waals surface area contributed by atoms with Crippen LogP contribution in [0.4, 0.5) is 0 Å². The number of nitrogens with zero attached hydrogens (tertiary/aromatic N) is 1. The number of quaternary nitrogens is 1. The van der Waals surface area contributed by atoms with Gasteiger partial charge >= 0.3 is 0 Å². The Morgan fingerprint density at radius 2 is 1.00 bits per heavy atom. The molecule has 3 unspecified atom stereocenters. The monoisotopic (exact) mass is 839 g/mol. The summed E-state index contributed by atoms with van der Waals surface area (Å²) in [6.45, 7) is 4.63. The molecule has 0 aromatic rings. The predicted octanol–water partition coefficient (Wildman–Crippen LogP) is 13.2. The number of phosphoric ester groups is 1. The topological polar surface area (TPSA) is 108 Å². The summed E-state index contributed by atoms with van der Waals surface area (Å²) >= 11 is 0. The van der Waals surface area contributed by atoms with Gasteiger partial charge in [-0.05, 0) is 51.4 Å². The van der Waals surface area contributed by atoms with E-state index in [1.165, 1.54) is 141 Å². The average molecular weight is 839 g/mol. The van der Waals surface area contributed by atoms with E-state index in [9.17, 15) is 19.4 Å². The molecule has 0 saturated carbocycles. The van der Waals surface area contributed by atoms with Crippen molar-refractivity contribution in [3.63, 3.8) is 0 Å². The Balaban J connectivity index is 4.37. The van der Waals surface area contributed by atoms with Gasteiger partial charge in [0.2, 0.25) is 5.91 Å². The minimum absolute atomic E-state index is 0.00269. The number of amides is 1. The van der Waals surface area contributed by atoms with Gasteiger partial charge < -0.3 is 28.8 Å². The van der Waals surface area contributed by atoms with E-state index in [0.29, 0.717) is 17.4 Å². The normalized spacial score (nSPS) is 14.5. The fourth-order valence-corrected chi connectivity index (χ4v) is 7.67. The number of aliphatic hydroxyl groups excluding tert-OH is 1. The van der Waals surface area contributed by atoms with Crippen LogP contribution in [0.25, 0.3) is 0 Å². The highest BCUT2D eigenvalue weighted by Gasteiger charge is 2.23. The smallest absolute Gasteiger partial charge is 0.268 e. The number of nitrogens with one attached hydrogen (secondary N) is 1. The van der Waals surface area contributed by atoms with Crippen molar-refractivity contribution in [3.05, 3.63) is 36.5 Å². The second kappa shape index (κ2) is 41.1. The highest BCUT2D eigenvalue weighted by Crippen LogP contribution is 2.38. The van der Waals surface area contributed by atoms with Gasteiger partial charge in [0.05, 0.1) is 39.9 Å². The molecule has 3 atom stereocenters. The minimum Gasteiger partial charge on any atom is -0.756 e. The van der Waals surface area contributed by atoms with Crippen molar-refractivity contribution >= 4 is 13.7 Å². The maximum atomic E-state index is 12.9. The number of hydrogen-bond acceptors (Lipinski definition) is 6. The predicted molar refractivity (Wildman–Crippen MR) is 247 cm³/mol. The van der Waals surface area contributed by atoms with Gasteiger partial charge in [0.25, 0.3) is 7.82 Å². The summed E-state index contributed by atoms with van der Waals surface area (Å²) in [4.78, 5) is 25.4. The summed E-state index contributed by atoms with van der Waals surface area (Å²) < 4.78 is 23.2. The number of aliphatic hydroxyl groups is 1. The standard InChI is InChI=1S/C49H95N2O6P/c1-6-8-10-12-14-16-18-20-22-24-25-27-28-30-32-34-36-38-40-42-48(52)47(46-57-58(54,55)56-45-44-51(3,4)5)50-49(53)43-41-39-37-35-33-31-29-26-23-21-19-17-15-13-11-9-7-2/h15,17,21,23,40,42,47-48,52H,6-14,16,18-20,22,24-39,41,43-46H2,1-5H3,(H-,50,53,54,55)/b17-15-,23-21-,42-40+. The van der Waals surface area contributed by atoms with Crippen LogP contribution >= 0.6 is 7.82 Å². The van der Waals surface area contributed by atoms with E-state index in [0.717, 1.165) is 57.8 Å². The molecule has 0 rings (SSSR count). The van der Waals surface area contributed by atoms with Gasteiger partial charge in [-0.15, -0.1) is 0 Å². The number of allylic oxidation sites excluding steroid dienone is 5. The molecule has 58 heavy (non-hydrogen) atoms. The molecule has 1 amide bonds. The highest BCUT2D eigenvalue weighted by molar-refractivity contribution is 7.45. The molecule has 0 aliphatic rings. The van der Waals surface area contributed by atoms with Gasteiger partial charge in [-0.25, -0.2) is 0 Å². The highest BCUT2D eigenvalue weighted by atomic mass is 31.2. The lowest BCUT2D eigenvalue weighted by molar-refractivity contribution is -0.870. The molecule has 8 nitrogen and oxygen atoms in total. The van der Waals surface area contributed by atoms with Crippen LogP contribution in [0.15, 0.2) is 36.5 Å². The largest absolute Gasteiger partial charge is 0.756 e. The quantitative estimate of drug-likeness (QED) is 0.0274. The van der Waals surface area contributed by atoms with E-state index in [1.807, 2.05) is 27.2 Å². The Kier molecular flexibility index (Phi) is 40.2. The average Bonchev–Trinajstić information content (AvgIpc) is 3.17. The second-order valence-corrected chi connectivity index (χ2v) is 19.2. The zero-order valence-electron chi connectivity index (χ0n) is 38.8. The van der Waals surface area contributed by atoms with Crippen LogP contribution in [0, 0.1) is 0 Å². The van der Waals surface area contributed by atoms with E-state index < -0.39 is 20.0 Å². The summed E-state index contributed by atoms with van der Waals surface area (Å²) in [5, 5.41) is 13.8. The Morgan fingerprint density at radius 1 is 0.603 bits per heavy atom. The van der Waals surface area contributed by atoms with Crippen LogP contribution in [0.5, 0.6) is 0 Å².